The molecule has 622 valence electrons. The molecule has 0 bridgehead atoms. The van der Waals surface area contributed by atoms with Gasteiger partial charge in [-0.15, -0.1) is 0 Å². The zero-order valence-corrected chi connectivity index (χ0v) is 65.0. The SMILES string of the molecule is COc1cc2c3c(n(CCCN4CCOCC4)c(=O)c2cc1OC)-c1cc(OC)c(OC(=O)OCCSSC[C@H](NC(=O)[C@H](CC(=O)O)NC(=O)[C@@H](N)CNC(=O)[C@H](Cc2ccccc2)NC(=O)[C@H](Cc2ccccc2)NC(=O)CCCCCCCNC(=O)CC[C@@H](NC(=O)N[C@H](CCC(=O)O)C(=O)O)C(=O)O)C(=O)O)cc1C3=O. The number of fused-ring (bicyclic) bond motifs is 5. The molecule has 2 heterocycles. The van der Waals surface area contributed by atoms with Crippen molar-refractivity contribution in [2.24, 2.45) is 5.73 Å². The summed E-state index contributed by atoms with van der Waals surface area (Å²) in [6.07, 6.45) is -0.650. The molecule has 1 fully saturated rings. The molecule has 0 saturated carbocycles. The van der Waals surface area contributed by atoms with Crippen LogP contribution in [0.15, 0.2) is 89.7 Å². The van der Waals surface area contributed by atoms with Crippen molar-refractivity contribution in [2.45, 2.75) is 139 Å². The summed E-state index contributed by atoms with van der Waals surface area (Å²) >= 11 is 0. The zero-order chi connectivity index (χ0) is 83.7. The van der Waals surface area contributed by atoms with Gasteiger partial charge in [-0.2, -0.15) is 0 Å². The molecule has 1 aliphatic heterocycles. The molecule has 15 N–H and O–H groups in total. The number of pyridine rings is 1. The van der Waals surface area contributed by atoms with Crippen molar-refractivity contribution < 1.29 is 121 Å². The first kappa shape index (κ1) is 90.6. The largest absolute Gasteiger partial charge is 0.514 e. The average Bonchev–Trinajstić information content (AvgIpc) is 1.57. The van der Waals surface area contributed by atoms with Crippen molar-refractivity contribution in [1.82, 2.24) is 52.0 Å². The Kier molecular flexibility index (Phi) is 36.2. The van der Waals surface area contributed by atoms with Crippen molar-refractivity contribution >= 4 is 116 Å². The minimum atomic E-state index is -1.88. The Morgan fingerprint density at radius 2 is 1.08 bits per heavy atom. The van der Waals surface area contributed by atoms with Gasteiger partial charge in [0.25, 0.3) is 5.56 Å². The van der Waals surface area contributed by atoms with Crippen LogP contribution >= 0.6 is 21.6 Å². The van der Waals surface area contributed by atoms with Crippen LogP contribution < -0.4 is 72.8 Å². The fourth-order valence-corrected chi connectivity index (χ4v) is 14.4. The maximum atomic E-state index is 14.5. The van der Waals surface area contributed by atoms with Gasteiger partial charge in [0.2, 0.25) is 35.4 Å². The predicted molar refractivity (Wildman–Crippen MR) is 416 cm³/mol. The second kappa shape index (κ2) is 46.0. The Balaban J connectivity index is 0.861. The average molecular weight is 1640 g/mol. The Morgan fingerprint density at radius 3 is 1.68 bits per heavy atom. The quantitative estimate of drug-likeness (QED) is 0.0113. The first-order chi connectivity index (χ1) is 55.1. The number of methoxy groups -OCH3 is 3. The molecule has 37 nitrogen and oxygen atoms in total. The fraction of sp³-hybridized carbons (Fsp3) is 0.461. The van der Waals surface area contributed by atoms with Crippen molar-refractivity contribution in [3.63, 3.8) is 0 Å². The van der Waals surface area contributed by atoms with Gasteiger partial charge in [0.05, 0.1) is 57.6 Å². The Hall–Kier alpha value is -11.5. The van der Waals surface area contributed by atoms with Crippen LogP contribution in [0, 0.1) is 0 Å². The number of unbranched alkanes of at least 4 members (excludes halogenated alkanes) is 4. The minimum absolute atomic E-state index is 0.00481. The molecular formula is C76H95N11O26S2. The van der Waals surface area contributed by atoms with E-state index in [1.54, 1.807) is 71.3 Å². The lowest BCUT2D eigenvalue weighted by atomic mass is 10.0. The van der Waals surface area contributed by atoms with Crippen molar-refractivity contribution in [2.75, 3.05) is 85.4 Å². The second-order valence-electron chi connectivity index (χ2n) is 26.6. The summed E-state index contributed by atoms with van der Waals surface area (Å²) in [4.78, 5) is 197. The van der Waals surface area contributed by atoms with E-state index in [0.29, 0.717) is 86.1 Å². The number of benzene rings is 4. The highest BCUT2D eigenvalue weighted by atomic mass is 33.1. The van der Waals surface area contributed by atoms with Crippen LogP contribution in [0.5, 0.6) is 23.0 Å². The molecule has 4 aromatic carbocycles. The van der Waals surface area contributed by atoms with Gasteiger partial charge in [0.1, 0.15) is 48.9 Å². The summed E-state index contributed by atoms with van der Waals surface area (Å²) < 4.78 is 34.6. The van der Waals surface area contributed by atoms with E-state index in [1.807, 2.05) is 5.32 Å². The van der Waals surface area contributed by atoms with E-state index >= 15 is 0 Å². The van der Waals surface area contributed by atoms with Crippen LogP contribution in [0.25, 0.3) is 22.0 Å². The highest BCUT2D eigenvalue weighted by Crippen LogP contribution is 2.46. The van der Waals surface area contributed by atoms with Gasteiger partial charge in [-0.05, 0) is 67.5 Å². The van der Waals surface area contributed by atoms with Crippen LogP contribution in [-0.4, -0.2) is 246 Å². The number of hydrogen-bond donors (Lipinski definition) is 14. The maximum absolute atomic E-state index is 14.5. The van der Waals surface area contributed by atoms with E-state index in [0.717, 1.165) is 34.7 Å². The summed E-state index contributed by atoms with van der Waals surface area (Å²) in [5.41, 5.74) is 8.13. The third-order valence-corrected chi connectivity index (χ3v) is 20.8. The lowest BCUT2D eigenvalue weighted by molar-refractivity contribution is -0.143. The summed E-state index contributed by atoms with van der Waals surface area (Å²) in [6.45, 7) is 2.87. The van der Waals surface area contributed by atoms with Crippen LogP contribution in [0.2, 0.25) is 0 Å². The number of carboxylic acids is 5. The first-order valence-electron chi connectivity index (χ1n) is 36.9. The fourth-order valence-electron chi connectivity index (χ4n) is 12.4. The van der Waals surface area contributed by atoms with E-state index in [-0.39, 0.29) is 108 Å². The summed E-state index contributed by atoms with van der Waals surface area (Å²) in [7, 11) is 6.15. The van der Waals surface area contributed by atoms with Gasteiger partial charge in [0.15, 0.2) is 28.8 Å². The molecular weight excluding hydrogens is 1550 g/mol. The van der Waals surface area contributed by atoms with Gasteiger partial charge in [0, 0.05) is 99.4 Å². The Morgan fingerprint density at radius 1 is 0.530 bits per heavy atom. The zero-order valence-electron chi connectivity index (χ0n) is 63.4. The van der Waals surface area contributed by atoms with Gasteiger partial charge in [-0.3, -0.25) is 52.8 Å². The molecule has 115 heavy (non-hydrogen) atoms. The standard InChI is InChI=1S/C76H95N11O26S2/c1-108-56-36-45-48(39-57(56)109-2)71(99)87(27-15-26-86-28-30-111-31-29-86)65-46-37-58(110-3)59(38-47(46)66(94)64(45)65)113-76(107)112-32-33-114-115-42-55(74(104)105)83-70(98)54(40-63(92)93)81-67(95)49(77)41-79-68(96)52(34-43-16-9-7-10-17-43)82-69(97)53(35-44-18-11-8-12-19-44)80-61(89)20-13-5-4-6-14-25-78-60(88)23-21-50(72(100)101)84-75(106)85-51(73(102)103)22-24-62(90)91/h7-12,16-19,36-39,49-55H,4-6,13-15,20-35,40-42,77H2,1-3H3,(H,78,88)(H,79,96)(H,80,89)(H,81,95)(H,82,97)(H,83,98)(H,90,91)(H,92,93)(H,100,101)(H,102,103)(H,104,105)(H2,84,85,106)/t49-,50+,51+,52-,53-,54-,55-/m0/s1. The highest BCUT2D eigenvalue weighted by Gasteiger charge is 2.37. The van der Waals surface area contributed by atoms with E-state index in [4.69, 9.17) is 39.3 Å². The number of carbonyl (C=O) groups is 14. The molecule has 7 rings (SSSR count). The molecule has 2 aliphatic rings. The minimum Gasteiger partial charge on any atom is -0.493 e. The lowest BCUT2D eigenvalue weighted by Crippen LogP contribution is -2.58. The van der Waals surface area contributed by atoms with Gasteiger partial charge in [-0.25, -0.2) is 24.0 Å². The van der Waals surface area contributed by atoms with Crippen LogP contribution in [0.3, 0.4) is 0 Å². The first-order valence-corrected chi connectivity index (χ1v) is 39.3. The monoisotopic (exact) mass is 1640 g/mol. The summed E-state index contributed by atoms with van der Waals surface area (Å²) in [6, 6.07) is 11.1. The number of hydrogen-bond acceptors (Lipinski definition) is 25. The number of ether oxygens (including phenoxy) is 6. The van der Waals surface area contributed by atoms with E-state index in [2.05, 4.69) is 42.1 Å². The molecule has 0 radical (unpaired) electrons. The van der Waals surface area contributed by atoms with Crippen molar-refractivity contribution in [3.05, 3.63) is 118 Å². The number of carboxylic acid groups (broad SMARTS) is 5. The number of carbonyl (C=O) groups excluding carboxylic acids is 9. The number of rotatable bonds is 49. The molecule has 0 unspecified atom stereocenters. The van der Waals surface area contributed by atoms with Gasteiger partial charge in [-0.1, -0.05) is 102 Å². The molecule has 1 aliphatic carbocycles. The van der Waals surface area contributed by atoms with Crippen LogP contribution in [0.4, 0.5) is 9.59 Å². The van der Waals surface area contributed by atoms with Gasteiger partial charge >= 0.3 is 42.0 Å². The summed E-state index contributed by atoms with van der Waals surface area (Å²) in [5, 5.41) is 67.3. The normalized spacial score (nSPS) is 14.1. The number of nitrogens with two attached hydrogens (primary N) is 1. The third-order valence-electron chi connectivity index (χ3n) is 18.4. The van der Waals surface area contributed by atoms with E-state index in [9.17, 15) is 92.3 Å². The highest BCUT2D eigenvalue weighted by molar-refractivity contribution is 8.76. The van der Waals surface area contributed by atoms with E-state index in [1.165, 1.54) is 39.5 Å². The number of amides is 8. The van der Waals surface area contributed by atoms with Crippen LogP contribution in [0.1, 0.15) is 104 Å². The molecule has 39 heteroatoms. The topological polar surface area (TPSA) is 543 Å². The lowest BCUT2D eigenvalue weighted by Gasteiger charge is -2.26. The number of urea groups is 1. The van der Waals surface area contributed by atoms with Gasteiger partial charge < -0.3 is 107 Å². The Labute approximate surface area is 667 Å². The van der Waals surface area contributed by atoms with E-state index < -0.39 is 151 Å². The number of aliphatic carboxylic acids is 5. The number of ketones is 1. The third kappa shape index (κ3) is 28.2. The van der Waals surface area contributed by atoms with Crippen LogP contribution in [-0.2, 0) is 81.6 Å². The van der Waals surface area contributed by atoms with Crippen molar-refractivity contribution in [1.29, 1.82) is 0 Å². The molecule has 7 atom stereocenters. The van der Waals surface area contributed by atoms with Crippen molar-refractivity contribution in [3.8, 4) is 34.3 Å². The summed E-state index contributed by atoms with van der Waals surface area (Å²) in [5.74, 6) is -12.6. The number of nitrogens with zero attached hydrogens (tertiary/aromatic N) is 2. The number of morpholine rings is 1. The Bertz CT molecular complexity index is 4360. The number of aromatic nitrogens is 1. The molecule has 0 spiro atoms. The second-order valence-corrected chi connectivity index (χ2v) is 29.3. The maximum Gasteiger partial charge on any atom is 0.514 e. The molecule has 1 aromatic heterocycles. The molecule has 8 amide bonds. The molecule has 1 saturated heterocycles. The predicted octanol–water partition coefficient (Wildman–Crippen LogP) is 2.59. The smallest absolute Gasteiger partial charge is 0.493 e. The number of nitrogens with one attached hydrogen (secondary N) is 8. The molecule has 5 aromatic rings.